The van der Waals surface area contributed by atoms with Crippen LogP contribution < -0.4 is 14.2 Å². The topological polar surface area (TPSA) is 27.7 Å². The molecule has 0 spiro atoms. The van der Waals surface area contributed by atoms with Gasteiger partial charge in [-0.3, -0.25) is 0 Å². The maximum absolute atomic E-state index is 5.42. The number of methoxy groups -OCH3 is 3. The van der Waals surface area contributed by atoms with Crippen molar-refractivity contribution in [3.8, 4) is 17.2 Å². The minimum absolute atomic E-state index is 0.559. The molecule has 1 rings (SSSR count). The molecular weight excluding hydrogens is 240 g/mol. The van der Waals surface area contributed by atoms with Gasteiger partial charge in [-0.15, -0.1) is 0 Å². The number of benzene rings is 1. The van der Waals surface area contributed by atoms with Crippen molar-refractivity contribution >= 4 is 0 Å². The Morgan fingerprint density at radius 2 is 1.32 bits per heavy atom. The van der Waals surface area contributed by atoms with Crippen molar-refractivity contribution in [1.29, 1.82) is 0 Å². The van der Waals surface area contributed by atoms with Crippen LogP contribution in [0.5, 0.6) is 17.2 Å². The Labute approximate surface area is 116 Å². The van der Waals surface area contributed by atoms with E-state index in [0.29, 0.717) is 11.7 Å². The van der Waals surface area contributed by atoms with Gasteiger partial charge < -0.3 is 14.2 Å². The van der Waals surface area contributed by atoms with E-state index in [-0.39, 0.29) is 0 Å². The second kappa shape index (κ2) is 7.93. The fraction of sp³-hybridized carbons (Fsp3) is 0.625. The summed E-state index contributed by atoms with van der Waals surface area (Å²) in [5.41, 5.74) is 1.28. The van der Waals surface area contributed by atoms with Crippen LogP contribution in [0.4, 0.5) is 0 Å². The molecule has 0 aromatic heterocycles. The van der Waals surface area contributed by atoms with Gasteiger partial charge in [0, 0.05) is 0 Å². The molecule has 1 aromatic carbocycles. The van der Waals surface area contributed by atoms with Gasteiger partial charge in [-0.2, -0.15) is 0 Å². The zero-order valence-electron chi connectivity index (χ0n) is 12.8. The fourth-order valence-corrected chi connectivity index (χ4v) is 2.51. The SMILES string of the molecule is CCCC(CCC)c1cc(OC)c(OC)c(OC)c1. The average molecular weight is 266 g/mol. The second-order valence-electron chi connectivity index (χ2n) is 4.73. The molecule has 0 N–H and O–H groups in total. The summed E-state index contributed by atoms with van der Waals surface area (Å²) in [5, 5.41) is 0. The number of ether oxygens (including phenoxy) is 3. The van der Waals surface area contributed by atoms with Crippen LogP contribution >= 0.6 is 0 Å². The molecule has 0 aliphatic carbocycles. The zero-order chi connectivity index (χ0) is 14.3. The lowest BCUT2D eigenvalue weighted by atomic mass is 9.90. The Morgan fingerprint density at radius 1 is 0.842 bits per heavy atom. The van der Waals surface area contributed by atoms with Crippen LogP contribution in [0.1, 0.15) is 51.0 Å². The van der Waals surface area contributed by atoms with Crippen molar-refractivity contribution in [3.05, 3.63) is 17.7 Å². The van der Waals surface area contributed by atoms with E-state index in [2.05, 4.69) is 26.0 Å². The molecule has 0 amide bonds. The third-order valence-electron chi connectivity index (χ3n) is 3.43. The predicted octanol–water partition coefficient (Wildman–Crippen LogP) is 4.40. The van der Waals surface area contributed by atoms with Crippen molar-refractivity contribution in [2.45, 2.75) is 45.4 Å². The summed E-state index contributed by atoms with van der Waals surface area (Å²) in [4.78, 5) is 0. The second-order valence-corrected chi connectivity index (χ2v) is 4.73. The van der Waals surface area contributed by atoms with Gasteiger partial charge in [0.1, 0.15) is 0 Å². The molecule has 0 unspecified atom stereocenters. The minimum Gasteiger partial charge on any atom is -0.493 e. The van der Waals surface area contributed by atoms with E-state index < -0.39 is 0 Å². The molecule has 108 valence electrons. The largest absolute Gasteiger partial charge is 0.493 e. The first-order valence-corrected chi connectivity index (χ1v) is 7.01. The van der Waals surface area contributed by atoms with Crippen LogP contribution in [0.15, 0.2) is 12.1 Å². The molecular formula is C16H26O3. The monoisotopic (exact) mass is 266 g/mol. The molecule has 0 saturated heterocycles. The summed E-state index contributed by atoms with van der Waals surface area (Å²) in [7, 11) is 4.96. The van der Waals surface area contributed by atoms with Crippen LogP contribution in [0, 0.1) is 0 Å². The first-order valence-electron chi connectivity index (χ1n) is 7.01. The lowest BCUT2D eigenvalue weighted by Crippen LogP contribution is -2.02. The van der Waals surface area contributed by atoms with Gasteiger partial charge in [0.25, 0.3) is 0 Å². The first kappa shape index (κ1) is 15.7. The molecule has 0 saturated carbocycles. The first-order chi connectivity index (χ1) is 9.21. The van der Waals surface area contributed by atoms with Crippen molar-refractivity contribution in [2.75, 3.05) is 21.3 Å². The van der Waals surface area contributed by atoms with Crippen molar-refractivity contribution in [2.24, 2.45) is 0 Å². The summed E-state index contributed by atoms with van der Waals surface area (Å²) in [6.07, 6.45) is 4.74. The molecule has 0 radical (unpaired) electrons. The summed E-state index contributed by atoms with van der Waals surface area (Å²) in [6, 6.07) is 4.16. The molecule has 19 heavy (non-hydrogen) atoms. The molecule has 0 bridgehead atoms. The molecule has 0 aliphatic heterocycles. The van der Waals surface area contributed by atoms with E-state index in [1.807, 2.05) is 0 Å². The number of hydrogen-bond acceptors (Lipinski definition) is 3. The predicted molar refractivity (Wildman–Crippen MR) is 78.7 cm³/mol. The van der Waals surface area contributed by atoms with E-state index in [9.17, 15) is 0 Å². The van der Waals surface area contributed by atoms with Crippen LogP contribution in [0.25, 0.3) is 0 Å². The molecule has 0 heterocycles. The summed E-state index contributed by atoms with van der Waals surface area (Å²) in [5.74, 6) is 2.72. The molecule has 3 heteroatoms. The maximum atomic E-state index is 5.42. The lowest BCUT2D eigenvalue weighted by Gasteiger charge is -2.20. The van der Waals surface area contributed by atoms with E-state index in [0.717, 1.165) is 11.5 Å². The standard InChI is InChI=1S/C16H26O3/c1-6-8-12(9-7-2)13-10-14(17-3)16(19-5)15(11-13)18-4/h10-12H,6-9H2,1-5H3. The van der Waals surface area contributed by atoms with Gasteiger partial charge in [0.15, 0.2) is 11.5 Å². The highest BCUT2D eigenvalue weighted by molar-refractivity contribution is 5.54. The van der Waals surface area contributed by atoms with Crippen molar-refractivity contribution < 1.29 is 14.2 Å². The average Bonchev–Trinajstić information content (AvgIpc) is 2.45. The summed E-state index contributed by atoms with van der Waals surface area (Å²) < 4.78 is 16.2. The highest BCUT2D eigenvalue weighted by Gasteiger charge is 2.17. The van der Waals surface area contributed by atoms with Gasteiger partial charge in [-0.05, 0) is 36.5 Å². The van der Waals surface area contributed by atoms with E-state index in [1.165, 1.54) is 31.2 Å². The quantitative estimate of drug-likeness (QED) is 0.698. The minimum atomic E-state index is 0.559. The Bertz CT molecular complexity index is 357. The van der Waals surface area contributed by atoms with Gasteiger partial charge in [-0.25, -0.2) is 0 Å². The fourth-order valence-electron chi connectivity index (χ4n) is 2.51. The smallest absolute Gasteiger partial charge is 0.203 e. The summed E-state index contributed by atoms with van der Waals surface area (Å²) >= 11 is 0. The molecule has 1 aromatic rings. The van der Waals surface area contributed by atoms with E-state index in [4.69, 9.17) is 14.2 Å². The highest BCUT2D eigenvalue weighted by atomic mass is 16.5. The van der Waals surface area contributed by atoms with Crippen LogP contribution in [-0.4, -0.2) is 21.3 Å². The molecule has 3 nitrogen and oxygen atoms in total. The Morgan fingerprint density at radius 3 is 1.63 bits per heavy atom. The highest BCUT2D eigenvalue weighted by Crippen LogP contribution is 2.41. The lowest BCUT2D eigenvalue weighted by molar-refractivity contribution is 0.323. The van der Waals surface area contributed by atoms with Crippen LogP contribution in [-0.2, 0) is 0 Å². The van der Waals surface area contributed by atoms with Gasteiger partial charge in [0.05, 0.1) is 21.3 Å². The normalized spacial score (nSPS) is 10.6. The van der Waals surface area contributed by atoms with Crippen molar-refractivity contribution in [3.63, 3.8) is 0 Å². The van der Waals surface area contributed by atoms with Gasteiger partial charge in [-0.1, -0.05) is 26.7 Å². The van der Waals surface area contributed by atoms with Crippen LogP contribution in [0.3, 0.4) is 0 Å². The maximum Gasteiger partial charge on any atom is 0.203 e. The van der Waals surface area contributed by atoms with E-state index >= 15 is 0 Å². The Kier molecular flexibility index (Phi) is 6.54. The molecule has 0 fully saturated rings. The zero-order valence-corrected chi connectivity index (χ0v) is 12.8. The van der Waals surface area contributed by atoms with Crippen molar-refractivity contribution in [1.82, 2.24) is 0 Å². The Balaban J connectivity index is 3.19. The number of hydrogen-bond donors (Lipinski definition) is 0. The molecule has 0 atom stereocenters. The van der Waals surface area contributed by atoms with Gasteiger partial charge >= 0.3 is 0 Å². The van der Waals surface area contributed by atoms with E-state index in [1.54, 1.807) is 21.3 Å². The Hall–Kier alpha value is -1.38. The number of rotatable bonds is 8. The van der Waals surface area contributed by atoms with Crippen LogP contribution in [0.2, 0.25) is 0 Å². The third-order valence-corrected chi connectivity index (χ3v) is 3.43. The van der Waals surface area contributed by atoms with Gasteiger partial charge in [0.2, 0.25) is 5.75 Å². The third kappa shape index (κ3) is 3.79. The molecule has 0 aliphatic rings. The summed E-state index contributed by atoms with van der Waals surface area (Å²) in [6.45, 7) is 4.45.